The normalized spacial score (nSPS) is 18.7. The molecule has 2 atom stereocenters. The summed E-state index contributed by atoms with van der Waals surface area (Å²) >= 11 is 1.53. The van der Waals surface area contributed by atoms with Crippen LogP contribution in [0.3, 0.4) is 0 Å². The highest BCUT2D eigenvalue weighted by Gasteiger charge is 2.32. The van der Waals surface area contributed by atoms with E-state index in [0.29, 0.717) is 6.54 Å². The number of aliphatic hydroxyl groups excluding tert-OH is 1. The number of rotatable bonds is 3. The first kappa shape index (κ1) is 9.64. The van der Waals surface area contributed by atoms with Crippen LogP contribution in [0.15, 0.2) is 11.6 Å². The van der Waals surface area contributed by atoms with Crippen molar-refractivity contribution in [1.82, 2.24) is 4.98 Å². The molecule has 0 saturated carbocycles. The minimum absolute atomic E-state index is 0.395. The van der Waals surface area contributed by atoms with Crippen molar-refractivity contribution < 1.29 is 5.11 Å². The zero-order valence-corrected chi connectivity index (χ0v) is 8.14. The molecule has 12 heavy (non-hydrogen) atoms. The van der Waals surface area contributed by atoms with Crippen molar-refractivity contribution in [3.8, 4) is 0 Å². The zero-order chi connectivity index (χ0) is 9.19. The van der Waals surface area contributed by atoms with Crippen LogP contribution in [0.4, 0.5) is 0 Å². The average molecular weight is 186 g/mol. The molecule has 1 aromatic rings. The summed E-state index contributed by atoms with van der Waals surface area (Å²) in [5, 5.41) is 12.3. The second-order valence-corrected chi connectivity index (χ2v) is 4.03. The topological polar surface area (TPSA) is 59.1 Å². The van der Waals surface area contributed by atoms with E-state index in [4.69, 9.17) is 5.73 Å². The van der Waals surface area contributed by atoms with Crippen molar-refractivity contribution in [3.63, 3.8) is 0 Å². The average Bonchev–Trinajstić information content (AvgIpc) is 2.54. The third kappa shape index (κ3) is 1.50. The van der Waals surface area contributed by atoms with E-state index in [2.05, 4.69) is 4.98 Å². The highest BCUT2D eigenvalue weighted by molar-refractivity contribution is 7.09. The Morgan fingerprint density at radius 1 is 1.83 bits per heavy atom. The van der Waals surface area contributed by atoms with Crippen LogP contribution in [0.1, 0.15) is 18.9 Å². The van der Waals surface area contributed by atoms with Gasteiger partial charge in [-0.1, -0.05) is 0 Å². The largest absolute Gasteiger partial charge is 0.392 e. The van der Waals surface area contributed by atoms with Gasteiger partial charge in [0.05, 0.1) is 11.5 Å². The van der Waals surface area contributed by atoms with Crippen molar-refractivity contribution in [1.29, 1.82) is 0 Å². The molecule has 0 aliphatic heterocycles. The first-order valence-corrected chi connectivity index (χ1v) is 4.77. The van der Waals surface area contributed by atoms with Crippen LogP contribution in [0.5, 0.6) is 0 Å². The SMILES string of the molecule is CC(O)C(C)(CN)c1nccs1. The Labute approximate surface area is 76.3 Å². The monoisotopic (exact) mass is 186 g/mol. The van der Waals surface area contributed by atoms with Gasteiger partial charge in [-0.15, -0.1) is 11.3 Å². The number of nitrogens with two attached hydrogens (primary N) is 1. The Balaban J connectivity index is 2.96. The van der Waals surface area contributed by atoms with Gasteiger partial charge in [0.1, 0.15) is 5.01 Å². The third-order valence-electron chi connectivity index (χ3n) is 2.27. The summed E-state index contributed by atoms with van der Waals surface area (Å²) in [7, 11) is 0. The quantitative estimate of drug-likeness (QED) is 0.732. The number of hydrogen-bond acceptors (Lipinski definition) is 4. The molecule has 0 bridgehead atoms. The maximum Gasteiger partial charge on any atom is 0.102 e. The molecule has 0 radical (unpaired) electrons. The maximum absolute atomic E-state index is 9.53. The van der Waals surface area contributed by atoms with Gasteiger partial charge in [0.2, 0.25) is 0 Å². The second-order valence-electron chi connectivity index (χ2n) is 3.13. The Morgan fingerprint density at radius 2 is 2.50 bits per heavy atom. The molecule has 0 fully saturated rings. The van der Waals surface area contributed by atoms with Crippen LogP contribution in [0.2, 0.25) is 0 Å². The number of hydrogen-bond donors (Lipinski definition) is 2. The van der Waals surface area contributed by atoms with Crippen molar-refractivity contribution in [2.45, 2.75) is 25.4 Å². The van der Waals surface area contributed by atoms with Gasteiger partial charge in [0.25, 0.3) is 0 Å². The second kappa shape index (κ2) is 3.51. The van der Waals surface area contributed by atoms with Crippen LogP contribution in [0, 0.1) is 0 Å². The minimum atomic E-state index is -0.464. The van der Waals surface area contributed by atoms with E-state index >= 15 is 0 Å². The van der Waals surface area contributed by atoms with Crippen LogP contribution in [0.25, 0.3) is 0 Å². The van der Waals surface area contributed by atoms with Gasteiger partial charge < -0.3 is 10.8 Å². The van der Waals surface area contributed by atoms with E-state index in [9.17, 15) is 5.11 Å². The predicted octanol–water partition coefficient (Wildman–Crippen LogP) is 0.740. The highest BCUT2D eigenvalue weighted by Crippen LogP contribution is 2.27. The zero-order valence-electron chi connectivity index (χ0n) is 7.32. The Morgan fingerprint density at radius 3 is 2.83 bits per heavy atom. The standard InChI is InChI=1S/C8H14N2OS/c1-6(11)8(2,5-9)7-10-3-4-12-7/h3-4,6,11H,5,9H2,1-2H3. The highest BCUT2D eigenvalue weighted by atomic mass is 32.1. The minimum Gasteiger partial charge on any atom is -0.392 e. The molecule has 0 aromatic carbocycles. The smallest absolute Gasteiger partial charge is 0.102 e. The van der Waals surface area contributed by atoms with Gasteiger partial charge in [-0.25, -0.2) is 4.98 Å². The number of thiazole rings is 1. The van der Waals surface area contributed by atoms with Crippen molar-refractivity contribution >= 4 is 11.3 Å². The Kier molecular flexibility index (Phi) is 2.82. The molecule has 3 N–H and O–H groups in total. The molecule has 0 saturated heterocycles. The number of nitrogens with zero attached hydrogens (tertiary/aromatic N) is 1. The molecule has 0 spiro atoms. The predicted molar refractivity (Wildman–Crippen MR) is 50.2 cm³/mol. The van der Waals surface area contributed by atoms with Gasteiger partial charge in [-0.3, -0.25) is 0 Å². The molecule has 3 nitrogen and oxygen atoms in total. The molecule has 4 heteroatoms. The van der Waals surface area contributed by atoms with Crippen LogP contribution in [-0.2, 0) is 5.41 Å². The van der Waals surface area contributed by atoms with Gasteiger partial charge in [0, 0.05) is 18.1 Å². The van der Waals surface area contributed by atoms with Crippen molar-refractivity contribution in [2.75, 3.05) is 6.54 Å². The van der Waals surface area contributed by atoms with Crippen LogP contribution >= 0.6 is 11.3 Å². The lowest BCUT2D eigenvalue weighted by molar-refractivity contribution is 0.111. The molecular formula is C8H14N2OS. The van der Waals surface area contributed by atoms with E-state index in [1.165, 1.54) is 11.3 Å². The number of aliphatic hydroxyl groups is 1. The molecular weight excluding hydrogens is 172 g/mol. The Hall–Kier alpha value is -0.450. The van der Waals surface area contributed by atoms with Gasteiger partial charge in [-0.05, 0) is 13.8 Å². The lowest BCUT2D eigenvalue weighted by Gasteiger charge is -2.28. The molecule has 1 heterocycles. The summed E-state index contributed by atoms with van der Waals surface area (Å²) < 4.78 is 0. The summed E-state index contributed by atoms with van der Waals surface area (Å²) in [6.07, 6.45) is 1.27. The first-order valence-electron chi connectivity index (χ1n) is 3.89. The molecule has 0 aliphatic rings. The van der Waals surface area contributed by atoms with E-state index in [0.717, 1.165) is 5.01 Å². The lowest BCUT2D eigenvalue weighted by atomic mass is 9.86. The van der Waals surface area contributed by atoms with Gasteiger partial charge in [0.15, 0.2) is 0 Å². The lowest BCUT2D eigenvalue weighted by Crippen LogP contribution is -2.41. The fraction of sp³-hybridized carbons (Fsp3) is 0.625. The summed E-state index contributed by atoms with van der Waals surface area (Å²) in [6.45, 7) is 4.09. The van der Waals surface area contributed by atoms with Gasteiger partial charge >= 0.3 is 0 Å². The van der Waals surface area contributed by atoms with Crippen LogP contribution in [-0.4, -0.2) is 22.7 Å². The third-order valence-corrected chi connectivity index (χ3v) is 3.32. The van der Waals surface area contributed by atoms with E-state index in [-0.39, 0.29) is 0 Å². The van der Waals surface area contributed by atoms with Crippen LogP contribution < -0.4 is 5.73 Å². The van der Waals surface area contributed by atoms with E-state index in [1.54, 1.807) is 13.1 Å². The fourth-order valence-corrected chi connectivity index (χ4v) is 1.84. The molecule has 2 unspecified atom stereocenters. The molecule has 0 amide bonds. The summed E-state index contributed by atoms with van der Waals surface area (Å²) in [5.41, 5.74) is 5.21. The van der Waals surface area contributed by atoms with E-state index < -0.39 is 11.5 Å². The molecule has 68 valence electrons. The van der Waals surface area contributed by atoms with Gasteiger partial charge in [-0.2, -0.15) is 0 Å². The maximum atomic E-state index is 9.53. The molecule has 1 aromatic heterocycles. The molecule has 0 aliphatic carbocycles. The fourth-order valence-electron chi connectivity index (χ4n) is 0.942. The summed E-state index contributed by atoms with van der Waals surface area (Å²) in [4.78, 5) is 4.16. The van der Waals surface area contributed by atoms with E-state index in [1.807, 2.05) is 12.3 Å². The first-order chi connectivity index (χ1) is 5.61. The van der Waals surface area contributed by atoms with Crippen molar-refractivity contribution in [2.24, 2.45) is 5.73 Å². The molecule has 1 rings (SSSR count). The summed E-state index contributed by atoms with van der Waals surface area (Å²) in [6, 6.07) is 0. The van der Waals surface area contributed by atoms with Crippen molar-refractivity contribution in [3.05, 3.63) is 16.6 Å². The summed E-state index contributed by atoms with van der Waals surface area (Å²) in [5.74, 6) is 0. The Bertz CT molecular complexity index is 235. The number of aromatic nitrogens is 1.